The fraction of sp³-hybridized carbons (Fsp3) is 0.389. The Bertz CT molecular complexity index is 628. The zero-order valence-electron chi connectivity index (χ0n) is 13.5. The van der Waals surface area contributed by atoms with Crippen LogP contribution >= 0.6 is 35.5 Å². The van der Waals surface area contributed by atoms with Gasteiger partial charge in [0.25, 0.3) is 5.91 Å². The van der Waals surface area contributed by atoms with E-state index in [2.05, 4.69) is 28.1 Å². The summed E-state index contributed by atoms with van der Waals surface area (Å²) < 4.78 is 0. The van der Waals surface area contributed by atoms with Crippen LogP contribution in [0.5, 0.6) is 0 Å². The number of thiophene rings is 1. The van der Waals surface area contributed by atoms with Crippen molar-refractivity contribution in [1.29, 1.82) is 0 Å². The van der Waals surface area contributed by atoms with E-state index in [0.717, 1.165) is 42.3 Å². The number of benzene rings is 1. The maximum absolute atomic E-state index is 12.5. The van der Waals surface area contributed by atoms with Crippen LogP contribution in [0, 0.1) is 5.92 Å². The molecule has 0 spiro atoms. The normalized spacial score (nSPS) is 16.6. The molecule has 2 aromatic rings. The molecule has 24 heavy (non-hydrogen) atoms. The van der Waals surface area contributed by atoms with Gasteiger partial charge in [-0.3, -0.25) is 4.79 Å². The van der Waals surface area contributed by atoms with Crippen LogP contribution < -0.4 is 10.6 Å². The molecule has 2 heterocycles. The number of nitrogens with one attached hydrogen (secondary N) is 2. The van der Waals surface area contributed by atoms with Crippen molar-refractivity contribution in [2.45, 2.75) is 23.5 Å². The lowest BCUT2D eigenvalue weighted by atomic mass is 10.1. The number of carbonyl (C=O) groups is 1. The molecule has 1 atom stereocenters. The Morgan fingerprint density at radius 3 is 2.92 bits per heavy atom. The zero-order valence-corrected chi connectivity index (χ0v) is 15.9. The van der Waals surface area contributed by atoms with Gasteiger partial charge in [0, 0.05) is 22.1 Å². The molecule has 0 bridgehead atoms. The Kier molecular flexibility index (Phi) is 8.12. The predicted octanol–water partition coefficient (Wildman–Crippen LogP) is 4.19. The maximum Gasteiger partial charge on any atom is 0.252 e. The highest BCUT2D eigenvalue weighted by Gasteiger charge is 2.15. The van der Waals surface area contributed by atoms with E-state index in [0.29, 0.717) is 5.92 Å². The second-order valence-corrected chi connectivity index (χ2v) is 7.82. The van der Waals surface area contributed by atoms with Gasteiger partial charge >= 0.3 is 0 Å². The minimum Gasteiger partial charge on any atom is -0.352 e. The molecule has 0 aliphatic carbocycles. The van der Waals surface area contributed by atoms with Crippen LogP contribution in [-0.4, -0.2) is 25.5 Å². The second-order valence-electron chi connectivity index (χ2n) is 5.77. The standard InChI is InChI=1S/C18H22N2OS2.ClH/c21-18(20-10-8-14-7-9-19-12-14)16-5-1-2-6-17(16)23-13-15-4-3-11-22-15;/h1-6,11,14,19H,7-10,12-13H2,(H,20,21);1H. The van der Waals surface area contributed by atoms with Gasteiger partial charge in [-0.2, -0.15) is 0 Å². The van der Waals surface area contributed by atoms with E-state index in [-0.39, 0.29) is 18.3 Å². The molecule has 3 nitrogen and oxygen atoms in total. The minimum absolute atomic E-state index is 0. The Balaban J connectivity index is 0.00000208. The molecule has 130 valence electrons. The first-order chi connectivity index (χ1) is 11.3. The summed E-state index contributed by atoms with van der Waals surface area (Å²) in [4.78, 5) is 14.9. The van der Waals surface area contributed by atoms with Gasteiger partial charge in [-0.05, 0) is 55.4 Å². The Labute approximate surface area is 158 Å². The summed E-state index contributed by atoms with van der Waals surface area (Å²) in [5.41, 5.74) is 0.790. The fourth-order valence-corrected chi connectivity index (χ4v) is 4.59. The van der Waals surface area contributed by atoms with E-state index in [1.807, 2.05) is 24.3 Å². The summed E-state index contributed by atoms with van der Waals surface area (Å²) in [5.74, 6) is 1.67. The highest BCUT2D eigenvalue weighted by Crippen LogP contribution is 2.27. The van der Waals surface area contributed by atoms with E-state index in [9.17, 15) is 4.79 Å². The second kappa shape index (κ2) is 10.1. The number of hydrogen-bond acceptors (Lipinski definition) is 4. The third-order valence-corrected chi connectivity index (χ3v) is 6.26. The molecule has 0 radical (unpaired) electrons. The first-order valence-corrected chi connectivity index (χ1v) is 9.92. The average Bonchev–Trinajstić information content (AvgIpc) is 3.27. The molecule has 1 amide bonds. The van der Waals surface area contributed by atoms with Crippen molar-refractivity contribution in [2.75, 3.05) is 19.6 Å². The van der Waals surface area contributed by atoms with Crippen LogP contribution in [-0.2, 0) is 5.75 Å². The van der Waals surface area contributed by atoms with Gasteiger partial charge in [0.15, 0.2) is 0 Å². The first-order valence-electron chi connectivity index (χ1n) is 8.06. The molecule has 1 saturated heterocycles. The van der Waals surface area contributed by atoms with Crippen LogP contribution in [0.3, 0.4) is 0 Å². The summed E-state index contributed by atoms with van der Waals surface area (Å²) in [5, 5.41) is 8.54. The molecular weight excluding hydrogens is 360 g/mol. The largest absolute Gasteiger partial charge is 0.352 e. The van der Waals surface area contributed by atoms with Crippen LogP contribution in [0.25, 0.3) is 0 Å². The third-order valence-electron chi connectivity index (χ3n) is 4.08. The van der Waals surface area contributed by atoms with Crippen molar-refractivity contribution in [3.63, 3.8) is 0 Å². The van der Waals surface area contributed by atoms with Gasteiger partial charge in [0.05, 0.1) is 5.56 Å². The highest BCUT2D eigenvalue weighted by atomic mass is 35.5. The SMILES string of the molecule is Cl.O=C(NCCC1CCNC1)c1ccccc1SCc1cccs1. The smallest absolute Gasteiger partial charge is 0.252 e. The number of halogens is 1. The Hall–Kier alpha value is -1.01. The lowest BCUT2D eigenvalue weighted by molar-refractivity contribution is 0.0948. The number of hydrogen-bond donors (Lipinski definition) is 2. The molecule has 2 N–H and O–H groups in total. The van der Waals surface area contributed by atoms with Gasteiger partial charge < -0.3 is 10.6 Å². The van der Waals surface area contributed by atoms with Crippen molar-refractivity contribution in [3.05, 3.63) is 52.2 Å². The van der Waals surface area contributed by atoms with Crippen molar-refractivity contribution >= 4 is 41.4 Å². The summed E-state index contributed by atoms with van der Waals surface area (Å²) in [6.45, 7) is 2.96. The summed E-state index contributed by atoms with van der Waals surface area (Å²) in [6.07, 6.45) is 2.28. The topological polar surface area (TPSA) is 41.1 Å². The van der Waals surface area contributed by atoms with E-state index < -0.39 is 0 Å². The molecule has 1 aliphatic rings. The highest BCUT2D eigenvalue weighted by molar-refractivity contribution is 7.98. The zero-order chi connectivity index (χ0) is 15.9. The van der Waals surface area contributed by atoms with E-state index in [4.69, 9.17) is 0 Å². The van der Waals surface area contributed by atoms with E-state index >= 15 is 0 Å². The summed E-state index contributed by atoms with van der Waals surface area (Å²) >= 11 is 3.49. The molecule has 6 heteroatoms. The van der Waals surface area contributed by atoms with Crippen LogP contribution in [0.1, 0.15) is 28.1 Å². The van der Waals surface area contributed by atoms with Gasteiger partial charge in [0.2, 0.25) is 0 Å². The Morgan fingerprint density at radius 1 is 1.29 bits per heavy atom. The fourth-order valence-electron chi connectivity index (χ4n) is 2.77. The number of carbonyl (C=O) groups excluding carboxylic acids is 1. The quantitative estimate of drug-likeness (QED) is 0.705. The van der Waals surface area contributed by atoms with Crippen molar-refractivity contribution in [2.24, 2.45) is 5.92 Å². The Morgan fingerprint density at radius 2 is 2.17 bits per heavy atom. The van der Waals surface area contributed by atoms with Gasteiger partial charge in [-0.15, -0.1) is 35.5 Å². The molecular formula is C18H23ClN2OS2. The van der Waals surface area contributed by atoms with Crippen molar-refractivity contribution in [1.82, 2.24) is 10.6 Å². The van der Waals surface area contributed by atoms with Crippen LogP contribution in [0.4, 0.5) is 0 Å². The number of thioether (sulfide) groups is 1. The van der Waals surface area contributed by atoms with Crippen molar-refractivity contribution in [3.8, 4) is 0 Å². The summed E-state index contributed by atoms with van der Waals surface area (Å²) in [6, 6.07) is 12.1. The molecule has 0 saturated carbocycles. The van der Waals surface area contributed by atoms with E-state index in [1.165, 1.54) is 11.3 Å². The van der Waals surface area contributed by atoms with Crippen LogP contribution in [0.2, 0.25) is 0 Å². The minimum atomic E-state index is 0. The predicted molar refractivity (Wildman–Crippen MR) is 105 cm³/mol. The summed E-state index contributed by atoms with van der Waals surface area (Å²) in [7, 11) is 0. The molecule has 1 aromatic carbocycles. The van der Waals surface area contributed by atoms with Gasteiger partial charge in [-0.1, -0.05) is 18.2 Å². The number of amides is 1. The maximum atomic E-state index is 12.5. The average molecular weight is 383 g/mol. The van der Waals surface area contributed by atoms with Crippen molar-refractivity contribution < 1.29 is 4.79 Å². The molecule has 1 aliphatic heterocycles. The molecule has 3 rings (SSSR count). The number of rotatable bonds is 7. The first kappa shape index (κ1) is 19.3. The molecule has 1 aromatic heterocycles. The monoisotopic (exact) mass is 382 g/mol. The lowest BCUT2D eigenvalue weighted by Gasteiger charge is -2.11. The molecule has 1 fully saturated rings. The van der Waals surface area contributed by atoms with Gasteiger partial charge in [-0.25, -0.2) is 0 Å². The van der Waals surface area contributed by atoms with E-state index in [1.54, 1.807) is 23.1 Å². The lowest BCUT2D eigenvalue weighted by Crippen LogP contribution is -2.26. The third kappa shape index (κ3) is 5.52. The molecule has 1 unspecified atom stereocenters. The van der Waals surface area contributed by atoms with Crippen LogP contribution in [0.15, 0.2) is 46.7 Å². The van der Waals surface area contributed by atoms with Gasteiger partial charge in [0.1, 0.15) is 0 Å².